The molecule has 2 heterocycles. The van der Waals surface area contributed by atoms with Crippen molar-refractivity contribution in [2.75, 3.05) is 60.0 Å². The maximum Gasteiger partial charge on any atom is 0.191 e. The summed E-state index contributed by atoms with van der Waals surface area (Å²) in [4.78, 5) is 9.79. The molecule has 0 spiro atoms. The van der Waals surface area contributed by atoms with Gasteiger partial charge >= 0.3 is 0 Å². The number of nitrogens with zero attached hydrogens (tertiary/aromatic N) is 3. The summed E-state index contributed by atoms with van der Waals surface area (Å²) in [6.07, 6.45) is 2.43. The first-order chi connectivity index (χ1) is 14.1. The maximum atomic E-state index is 6.17. The maximum absolute atomic E-state index is 6.17. The highest BCUT2D eigenvalue weighted by Crippen LogP contribution is 2.33. The van der Waals surface area contributed by atoms with Gasteiger partial charge in [0, 0.05) is 57.8 Å². The predicted molar refractivity (Wildman–Crippen MR) is 136 cm³/mol. The zero-order chi connectivity index (χ0) is 20.6. The molecule has 2 saturated heterocycles. The lowest BCUT2D eigenvalue weighted by atomic mass is 9.89. The van der Waals surface area contributed by atoms with E-state index in [9.17, 15) is 0 Å². The standard InChI is InChI=1S/C23H39N5O.HI/c1-5-24-23(26-16-21-17-27(3)12-13-28(21)4)25-15-20-7-6-14-29-22(20)19-10-8-18(2)9-11-19;/h8-11,20-22H,5-7,12-17H2,1-4H3,(H2,24,25,26);1H. The topological polar surface area (TPSA) is 52.1 Å². The van der Waals surface area contributed by atoms with E-state index in [1.165, 1.54) is 11.1 Å². The van der Waals surface area contributed by atoms with Crippen molar-refractivity contribution in [2.24, 2.45) is 10.9 Å². The van der Waals surface area contributed by atoms with Crippen molar-refractivity contribution < 1.29 is 4.74 Å². The Bertz CT molecular complexity index is 653. The van der Waals surface area contributed by atoms with Crippen LogP contribution in [0.5, 0.6) is 0 Å². The zero-order valence-corrected chi connectivity index (χ0v) is 21.4. The Morgan fingerprint density at radius 1 is 1.17 bits per heavy atom. The van der Waals surface area contributed by atoms with Crippen molar-refractivity contribution in [1.29, 1.82) is 0 Å². The molecule has 0 aromatic heterocycles. The van der Waals surface area contributed by atoms with E-state index in [-0.39, 0.29) is 30.1 Å². The number of ether oxygens (including phenoxy) is 1. The Morgan fingerprint density at radius 2 is 1.93 bits per heavy atom. The van der Waals surface area contributed by atoms with Gasteiger partial charge in [-0.2, -0.15) is 0 Å². The quantitative estimate of drug-likeness (QED) is 0.337. The Morgan fingerprint density at radius 3 is 2.67 bits per heavy atom. The van der Waals surface area contributed by atoms with Gasteiger partial charge in [0.25, 0.3) is 0 Å². The van der Waals surface area contributed by atoms with Crippen molar-refractivity contribution in [3.8, 4) is 0 Å². The largest absolute Gasteiger partial charge is 0.373 e. The van der Waals surface area contributed by atoms with Gasteiger partial charge in [-0.1, -0.05) is 29.8 Å². The monoisotopic (exact) mass is 529 g/mol. The zero-order valence-electron chi connectivity index (χ0n) is 19.1. The minimum Gasteiger partial charge on any atom is -0.373 e. The number of guanidine groups is 1. The Kier molecular flexibility index (Phi) is 10.8. The number of nitrogens with one attached hydrogen (secondary N) is 2. The normalized spacial score (nSPS) is 26.1. The van der Waals surface area contributed by atoms with Crippen LogP contribution in [0.3, 0.4) is 0 Å². The summed E-state index contributed by atoms with van der Waals surface area (Å²) in [7, 11) is 4.42. The van der Waals surface area contributed by atoms with Gasteiger partial charge in [0.05, 0.1) is 6.10 Å². The molecule has 1 aromatic carbocycles. The lowest BCUT2D eigenvalue weighted by Gasteiger charge is -2.38. The highest BCUT2D eigenvalue weighted by molar-refractivity contribution is 14.0. The van der Waals surface area contributed by atoms with Gasteiger partial charge in [0.2, 0.25) is 0 Å². The van der Waals surface area contributed by atoms with Crippen molar-refractivity contribution >= 4 is 29.9 Å². The van der Waals surface area contributed by atoms with Gasteiger partial charge < -0.3 is 20.3 Å². The van der Waals surface area contributed by atoms with E-state index in [0.717, 1.165) is 64.7 Å². The van der Waals surface area contributed by atoms with E-state index in [1.54, 1.807) is 0 Å². The van der Waals surface area contributed by atoms with E-state index in [1.807, 2.05) is 0 Å². The number of likely N-dealkylation sites (N-methyl/N-ethyl adjacent to an activating group) is 2. The number of halogens is 1. The van der Waals surface area contributed by atoms with E-state index < -0.39 is 0 Å². The average molecular weight is 530 g/mol. The van der Waals surface area contributed by atoms with Crippen LogP contribution >= 0.6 is 24.0 Å². The van der Waals surface area contributed by atoms with Crippen LogP contribution in [0.4, 0.5) is 0 Å². The van der Waals surface area contributed by atoms with Gasteiger partial charge in [-0.3, -0.25) is 9.89 Å². The van der Waals surface area contributed by atoms with E-state index in [0.29, 0.717) is 12.0 Å². The Labute approximate surface area is 199 Å². The molecule has 3 atom stereocenters. The summed E-state index contributed by atoms with van der Waals surface area (Å²) in [6, 6.07) is 9.28. The molecule has 170 valence electrons. The number of hydrogen-bond acceptors (Lipinski definition) is 4. The van der Waals surface area contributed by atoms with Crippen molar-refractivity contribution in [3.05, 3.63) is 35.4 Å². The van der Waals surface area contributed by atoms with Crippen LogP contribution in [0.1, 0.15) is 37.0 Å². The van der Waals surface area contributed by atoms with Gasteiger partial charge in [0.15, 0.2) is 5.96 Å². The fourth-order valence-electron chi connectivity index (χ4n) is 4.24. The third-order valence-electron chi connectivity index (χ3n) is 6.16. The summed E-state index contributed by atoms with van der Waals surface area (Å²) < 4.78 is 6.17. The van der Waals surface area contributed by atoms with Gasteiger partial charge in [-0.05, 0) is 46.3 Å². The number of piperazine rings is 1. The fraction of sp³-hybridized carbons (Fsp3) is 0.696. The average Bonchev–Trinajstić information content (AvgIpc) is 2.73. The third-order valence-corrected chi connectivity index (χ3v) is 6.16. The van der Waals surface area contributed by atoms with Crippen LogP contribution in [-0.2, 0) is 4.74 Å². The van der Waals surface area contributed by atoms with E-state index >= 15 is 0 Å². The number of benzene rings is 1. The summed E-state index contributed by atoms with van der Waals surface area (Å²) in [5.41, 5.74) is 2.57. The minimum absolute atomic E-state index is 0. The first-order valence-electron chi connectivity index (χ1n) is 11.2. The van der Waals surface area contributed by atoms with Gasteiger partial charge in [0.1, 0.15) is 0 Å². The number of aliphatic imine (C=N–C) groups is 1. The number of rotatable bonds is 6. The second-order valence-corrected chi connectivity index (χ2v) is 8.60. The molecule has 0 saturated carbocycles. The van der Waals surface area contributed by atoms with Crippen molar-refractivity contribution in [3.63, 3.8) is 0 Å². The Balaban J connectivity index is 0.00000320. The SMILES string of the molecule is CCNC(=NCC1CCCOC1c1ccc(C)cc1)NCC1CN(C)CCN1C.I. The summed E-state index contributed by atoms with van der Waals surface area (Å²) in [6.45, 7) is 11.0. The summed E-state index contributed by atoms with van der Waals surface area (Å²) >= 11 is 0. The van der Waals surface area contributed by atoms with Crippen molar-refractivity contribution in [1.82, 2.24) is 20.4 Å². The predicted octanol–water partition coefficient (Wildman–Crippen LogP) is 2.88. The molecule has 2 fully saturated rings. The van der Waals surface area contributed by atoms with Crippen LogP contribution < -0.4 is 10.6 Å². The second kappa shape index (κ2) is 12.8. The smallest absolute Gasteiger partial charge is 0.191 e. The Hall–Kier alpha value is -0.900. The molecule has 0 radical (unpaired) electrons. The third kappa shape index (κ3) is 7.35. The second-order valence-electron chi connectivity index (χ2n) is 8.60. The molecule has 6 nitrogen and oxygen atoms in total. The number of hydrogen-bond donors (Lipinski definition) is 2. The molecule has 0 amide bonds. The highest BCUT2D eigenvalue weighted by atomic mass is 127. The molecule has 3 unspecified atom stereocenters. The minimum atomic E-state index is 0. The first-order valence-corrected chi connectivity index (χ1v) is 11.2. The first kappa shape index (κ1) is 25.4. The van der Waals surface area contributed by atoms with Crippen molar-refractivity contribution in [2.45, 2.75) is 38.8 Å². The van der Waals surface area contributed by atoms with Crippen LogP contribution in [0.15, 0.2) is 29.3 Å². The van der Waals surface area contributed by atoms with E-state index in [4.69, 9.17) is 9.73 Å². The van der Waals surface area contributed by atoms with Gasteiger partial charge in [-0.25, -0.2) is 0 Å². The molecule has 1 aromatic rings. The fourth-order valence-corrected chi connectivity index (χ4v) is 4.24. The molecule has 0 bridgehead atoms. The molecule has 2 N–H and O–H groups in total. The number of aryl methyl sites for hydroxylation is 1. The van der Waals surface area contributed by atoms with Crippen LogP contribution in [0.25, 0.3) is 0 Å². The summed E-state index contributed by atoms with van der Waals surface area (Å²) in [5, 5.41) is 6.99. The molecular formula is C23H40IN5O. The van der Waals surface area contributed by atoms with Crippen LogP contribution in [0, 0.1) is 12.8 Å². The van der Waals surface area contributed by atoms with Crippen LogP contribution in [0.2, 0.25) is 0 Å². The molecule has 2 aliphatic rings. The molecule has 3 rings (SSSR count). The lowest BCUT2D eigenvalue weighted by Crippen LogP contribution is -2.55. The lowest BCUT2D eigenvalue weighted by molar-refractivity contribution is -0.0250. The molecule has 2 aliphatic heterocycles. The van der Waals surface area contributed by atoms with E-state index in [2.05, 4.69) is 72.6 Å². The highest BCUT2D eigenvalue weighted by Gasteiger charge is 2.27. The molecular weight excluding hydrogens is 489 g/mol. The van der Waals surface area contributed by atoms with Gasteiger partial charge in [-0.15, -0.1) is 24.0 Å². The summed E-state index contributed by atoms with van der Waals surface area (Å²) in [5.74, 6) is 1.34. The molecule has 0 aliphatic carbocycles. The molecule has 30 heavy (non-hydrogen) atoms. The molecule has 7 heteroatoms. The van der Waals surface area contributed by atoms with Crippen LogP contribution in [-0.4, -0.2) is 81.8 Å².